The Bertz CT molecular complexity index is 579. The van der Waals surface area contributed by atoms with E-state index in [-0.39, 0.29) is 5.92 Å². The number of nitrogens with zero attached hydrogens (tertiary/aromatic N) is 2. The lowest BCUT2D eigenvalue weighted by Crippen LogP contribution is -2.03. The summed E-state index contributed by atoms with van der Waals surface area (Å²) in [7, 11) is 0. The fourth-order valence-electron chi connectivity index (χ4n) is 2.08. The highest BCUT2D eigenvalue weighted by Gasteiger charge is 2.21. The maximum Gasteiger partial charge on any atom is 0.138 e. The summed E-state index contributed by atoms with van der Waals surface area (Å²) < 4.78 is 5.11. The molecule has 0 N–H and O–H groups in total. The molecule has 2 aromatic rings. The summed E-state index contributed by atoms with van der Waals surface area (Å²) in [6.45, 7) is 3.68. The van der Waals surface area contributed by atoms with E-state index in [1.165, 1.54) is 0 Å². The first-order valence-corrected chi connectivity index (χ1v) is 6.07. The third-order valence-corrected chi connectivity index (χ3v) is 3.34. The Morgan fingerprint density at radius 2 is 2.11 bits per heavy atom. The smallest absolute Gasteiger partial charge is 0.138 e. The predicted molar refractivity (Wildman–Crippen MR) is 69.5 cm³/mol. The van der Waals surface area contributed by atoms with Gasteiger partial charge in [-0.3, -0.25) is 0 Å². The van der Waals surface area contributed by atoms with E-state index in [1.807, 2.05) is 38.1 Å². The summed E-state index contributed by atoms with van der Waals surface area (Å²) in [6, 6.07) is 9.87. The Hall–Kier alpha value is -1.79. The highest BCUT2D eigenvalue weighted by Crippen LogP contribution is 2.28. The molecule has 0 amide bonds. The fourth-order valence-corrected chi connectivity index (χ4v) is 2.30. The summed E-state index contributed by atoms with van der Waals surface area (Å²) in [5, 5.41) is 13.9. The van der Waals surface area contributed by atoms with Crippen molar-refractivity contribution in [1.82, 2.24) is 5.16 Å². The second-order valence-electron chi connectivity index (χ2n) is 4.22. The van der Waals surface area contributed by atoms with Gasteiger partial charge in [0.05, 0.1) is 17.7 Å². The van der Waals surface area contributed by atoms with Crippen LogP contribution in [0.5, 0.6) is 0 Å². The van der Waals surface area contributed by atoms with Crippen LogP contribution in [0.1, 0.15) is 28.5 Å². The van der Waals surface area contributed by atoms with Crippen molar-refractivity contribution in [2.24, 2.45) is 0 Å². The second kappa shape index (κ2) is 5.24. The number of benzene rings is 1. The molecule has 2 rings (SSSR count). The van der Waals surface area contributed by atoms with E-state index in [1.54, 1.807) is 0 Å². The molecule has 18 heavy (non-hydrogen) atoms. The van der Waals surface area contributed by atoms with Gasteiger partial charge in [0.15, 0.2) is 0 Å². The van der Waals surface area contributed by atoms with Crippen LogP contribution < -0.4 is 0 Å². The van der Waals surface area contributed by atoms with Crippen LogP contribution >= 0.6 is 11.6 Å². The van der Waals surface area contributed by atoms with E-state index in [4.69, 9.17) is 16.1 Å². The predicted octanol–water partition coefficient (Wildman–Crippen LogP) is 3.79. The van der Waals surface area contributed by atoms with Gasteiger partial charge in [0, 0.05) is 10.6 Å². The molecule has 0 radical (unpaired) electrons. The first-order valence-electron chi connectivity index (χ1n) is 5.69. The lowest BCUT2D eigenvalue weighted by atomic mass is 9.92. The molecule has 1 aromatic heterocycles. The Balaban J connectivity index is 2.32. The fraction of sp³-hybridized carbons (Fsp3) is 0.286. The molecule has 1 heterocycles. The zero-order valence-corrected chi connectivity index (χ0v) is 11.0. The Labute approximate surface area is 111 Å². The zero-order valence-electron chi connectivity index (χ0n) is 10.3. The van der Waals surface area contributed by atoms with E-state index < -0.39 is 0 Å². The summed E-state index contributed by atoms with van der Waals surface area (Å²) in [4.78, 5) is 0. The maximum atomic E-state index is 9.34. The van der Waals surface area contributed by atoms with E-state index >= 15 is 0 Å². The average Bonchev–Trinajstić information content (AvgIpc) is 2.69. The van der Waals surface area contributed by atoms with Gasteiger partial charge >= 0.3 is 0 Å². The van der Waals surface area contributed by atoms with Gasteiger partial charge < -0.3 is 4.52 Å². The first kappa shape index (κ1) is 12.7. The van der Waals surface area contributed by atoms with Crippen LogP contribution in [0.25, 0.3) is 0 Å². The summed E-state index contributed by atoms with van der Waals surface area (Å²) in [6.07, 6.45) is 0.569. The molecular formula is C14H13ClN2O. The number of nitriles is 1. The van der Waals surface area contributed by atoms with E-state index in [0.29, 0.717) is 17.2 Å². The van der Waals surface area contributed by atoms with Crippen molar-refractivity contribution >= 4 is 11.6 Å². The minimum atomic E-state index is -0.281. The highest BCUT2D eigenvalue weighted by atomic mass is 35.5. The molecular weight excluding hydrogens is 248 g/mol. The number of hydrogen-bond donors (Lipinski definition) is 0. The van der Waals surface area contributed by atoms with Crippen LogP contribution in [-0.2, 0) is 6.42 Å². The van der Waals surface area contributed by atoms with Gasteiger partial charge in [-0.05, 0) is 31.9 Å². The molecule has 0 bridgehead atoms. The summed E-state index contributed by atoms with van der Waals surface area (Å²) in [5.74, 6) is 0.419. The molecule has 0 aliphatic carbocycles. The van der Waals surface area contributed by atoms with Crippen molar-refractivity contribution in [2.45, 2.75) is 26.2 Å². The van der Waals surface area contributed by atoms with Crippen LogP contribution in [0, 0.1) is 25.2 Å². The number of halogens is 1. The quantitative estimate of drug-likeness (QED) is 0.843. The van der Waals surface area contributed by atoms with Gasteiger partial charge in [0.25, 0.3) is 0 Å². The second-order valence-corrected chi connectivity index (χ2v) is 4.62. The van der Waals surface area contributed by atoms with Gasteiger partial charge in [-0.25, -0.2) is 0 Å². The number of hydrogen-bond acceptors (Lipinski definition) is 3. The van der Waals surface area contributed by atoms with E-state index in [9.17, 15) is 5.26 Å². The van der Waals surface area contributed by atoms with Crippen LogP contribution in [0.2, 0.25) is 5.02 Å². The third-order valence-electron chi connectivity index (χ3n) is 2.97. The zero-order chi connectivity index (χ0) is 13.1. The van der Waals surface area contributed by atoms with Crippen LogP contribution in [0.4, 0.5) is 0 Å². The molecule has 0 saturated heterocycles. The molecule has 0 saturated carbocycles. The lowest BCUT2D eigenvalue weighted by Gasteiger charge is -2.10. The van der Waals surface area contributed by atoms with Crippen molar-refractivity contribution in [3.63, 3.8) is 0 Å². The topological polar surface area (TPSA) is 49.8 Å². The number of rotatable bonds is 3. The Morgan fingerprint density at radius 3 is 2.67 bits per heavy atom. The van der Waals surface area contributed by atoms with Crippen molar-refractivity contribution in [3.05, 3.63) is 51.9 Å². The lowest BCUT2D eigenvalue weighted by molar-refractivity contribution is 0.392. The molecule has 0 aliphatic heterocycles. The van der Waals surface area contributed by atoms with Crippen LogP contribution in [-0.4, -0.2) is 5.16 Å². The molecule has 0 fully saturated rings. The molecule has 1 unspecified atom stereocenters. The first-order chi connectivity index (χ1) is 8.63. The Morgan fingerprint density at radius 1 is 1.39 bits per heavy atom. The molecule has 0 spiro atoms. The molecule has 3 nitrogen and oxygen atoms in total. The van der Waals surface area contributed by atoms with Gasteiger partial charge in [-0.1, -0.05) is 35.0 Å². The van der Waals surface area contributed by atoms with Crippen molar-refractivity contribution in [2.75, 3.05) is 0 Å². The summed E-state index contributed by atoms with van der Waals surface area (Å²) in [5.41, 5.74) is 2.61. The van der Waals surface area contributed by atoms with Crippen LogP contribution in [0.15, 0.2) is 28.8 Å². The van der Waals surface area contributed by atoms with E-state index in [2.05, 4.69) is 11.2 Å². The van der Waals surface area contributed by atoms with Crippen molar-refractivity contribution in [3.8, 4) is 6.07 Å². The third kappa shape index (κ3) is 2.39. The van der Waals surface area contributed by atoms with Gasteiger partial charge in [0.2, 0.25) is 0 Å². The van der Waals surface area contributed by atoms with Gasteiger partial charge in [0.1, 0.15) is 5.76 Å². The van der Waals surface area contributed by atoms with Gasteiger partial charge in [-0.15, -0.1) is 0 Å². The van der Waals surface area contributed by atoms with Crippen molar-refractivity contribution in [1.29, 1.82) is 5.26 Å². The molecule has 4 heteroatoms. The molecule has 1 aromatic carbocycles. The molecule has 1 atom stereocenters. The molecule has 92 valence electrons. The minimum Gasteiger partial charge on any atom is -0.361 e. The highest BCUT2D eigenvalue weighted by molar-refractivity contribution is 6.31. The van der Waals surface area contributed by atoms with Gasteiger partial charge in [-0.2, -0.15) is 5.26 Å². The van der Waals surface area contributed by atoms with E-state index in [0.717, 1.165) is 16.8 Å². The Kier molecular flexibility index (Phi) is 3.69. The minimum absolute atomic E-state index is 0.281. The monoisotopic (exact) mass is 260 g/mol. The number of aromatic nitrogens is 1. The average molecular weight is 261 g/mol. The standard InChI is InChI=1S/C14H13ClN2O/c1-9-14(10(2)18-17-9)12(8-16)7-11-5-3-4-6-13(11)15/h3-6,12H,7H2,1-2H3. The SMILES string of the molecule is Cc1noc(C)c1C(C#N)Cc1ccccc1Cl. The van der Waals surface area contributed by atoms with Crippen LogP contribution in [0.3, 0.4) is 0 Å². The molecule has 0 aliphatic rings. The number of aryl methyl sites for hydroxylation is 2. The van der Waals surface area contributed by atoms with Crippen molar-refractivity contribution < 1.29 is 4.52 Å². The summed E-state index contributed by atoms with van der Waals surface area (Å²) >= 11 is 6.12. The largest absolute Gasteiger partial charge is 0.361 e. The normalized spacial score (nSPS) is 12.1. The maximum absolute atomic E-state index is 9.34.